The molecule has 0 amide bonds. The van der Waals surface area contributed by atoms with Crippen molar-refractivity contribution in [2.75, 3.05) is 25.0 Å². The number of benzene rings is 1. The molecule has 0 spiro atoms. The molecule has 0 radical (unpaired) electrons. The summed E-state index contributed by atoms with van der Waals surface area (Å²) in [5, 5.41) is 8.58. The summed E-state index contributed by atoms with van der Waals surface area (Å²) >= 11 is 0. The smallest absolute Gasteiger partial charge is 0.240 e. The SMILES string of the molecule is CCCN1CCC(Nc2ccccc2S(N)(=O)=O)CC1. The average molecular weight is 297 g/mol. The molecule has 1 aliphatic heterocycles. The molecule has 1 fully saturated rings. The minimum absolute atomic E-state index is 0.177. The van der Waals surface area contributed by atoms with Crippen molar-refractivity contribution in [3.05, 3.63) is 24.3 Å². The zero-order valence-corrected chi connectivity index (χ0v) is 12.7. The highest BCUT2D eigenvalue weighted by Gasteiger charge is 2.20. The van der Waals surface area contributed by atoms with Gasteiger partial charge in [0.25, 0.3) is 0 Å². The minimum Gasteiger partial charge on any atom is -0.381 e. The maximum atomic E-state index is 11.6. The quantitative estimate of drug-likeness (QED) is 0.866. The number of likely N-dealkylation sites (tertiary alicyclic amines) is 1. The Morgan fingerprint density at radius 2 is 1.95 bits per heavy atom. The largest absolute Gasteiger partial charge is 0.381 e. The van der Waals surface area contributed by atoms with Crippen LogP contribution in [0.1, 0.15) is 26.2 Å². The molecule has 2 rings (SSSR count). The fraction of sp³-hybridized carbons (Fsp3) is 0.571. The zero-order chi connectivity index (χ0) is 14.6. The first-order chi connectivity index (χ1) is 9.50. The summed E-state index contributed by atoms with van der Waals surface area (Å²) < 4.78 is 23.1. The van der Waals surface area contributed by atoms with Gasteiger partial charge in [-0.15, -0.1) is 0 Å². The van der Waals surface area contributed by atoms with E-state index in [0.717, 1.165) is 32.5 Å². The van der Waals surface area contributed by atoms with Crippen molar-refractivity contribution in [2.45, 2.75) is 37.1 Å². The first-order valence-corrected chi connectivity index (χ1v) is 8.66. The summed E-state index contributed by atoms with van der Waals surface area (Å²) in [6.45, 7) is 5.44. The van der Waals surface area contributed by atoms with Crippen molar-refractivity contribution in [3.8, 4) is 0 Å². The van der Waals surface area contributed by atoms with Crippen molar-refractivity contribution in [3.63, 3.8) is 0 Å². The van der Waals surface area contributed by atoms with Crippen molar-refractivity contribution in [2.24, 2.45) is 5.14 Å². The lowest BCUT2D eigenvalue weighted by Gasteiger charge is -2.32. The molecule has 1 heterocycles. The number of nitrogens with one attached hydrogen (secondary N) is 1. The van der Waals surface area contributed by atoms with E-state index < -0.39 is 10.0 Å². The minimum atomic E-state index is -3.68. The Bertz CT molecular complexity index is 537. The molecule has 0 aromatic heterocycles. The lowest BCUT2D eigenvalue weighted by atomic mass is 10.0. The standard InChI is InChI=1S/C14H23N3O2S/c1-2-9-17-10-7-12(8-11-17)16-13-5-3-4-6-14(13)20(15,18)19/h3-6,12,16H,2,7-11H2,1H3,(H2,15,18,19). The van der Waals surface area contributed by atoms with Gasteiger partial charge in [-0.2, -0.15) is 0 Å². The summed E-state index contributed by atoms with van der Waals surface area (Å²) in [4.78, 5) is 2.63. The fourth-order valence-electron chi connectivity index (χ4n) is 2.67. The molecule has 0 bridgehead atoms. The topological polar surface area (TPSA) is 75.4 Å². The monoisotopic (exact) mass is 297 g/mol. The Morgan fingerprint density at radius 1 is 1.30 bits per heavy atom. The number of anilines is 1. The summed E-state index contributed by atoms with van der Waals surface area (Å²) in [7, 11) is -3.68. The molecular formula is C14H23N3O2S. The van der Waals surface area contributed by atoms with E-state index in [0.29, 0.717) is 11.7 Å². The molecule has 20 heavy (non-hydrogen) atoms. The molecular weight excluding hydrogens is 274 g/mol. The van der Waals surface area contributed by atoms with Crippen LogP contribution in [0.15, 0.2) is 29.2 Å². The molecule has 0 unspecified atom stereocenters. The number of nitrogens with two attached hydrogens (primary N) is 1. The van der Waals surface area contributed by atoms with Gasteiger partial charge in [0.15, 0.2) is 0 Å². The third kappa shape index (κ3) is 3.94. The van der Waals surface area contributed by atoms with Crippen LogP contribution in [0, 0.1) is 0 Å². The van der Waals surface area contributed by atoms with Gasteiger partial charge < -0.3 is 10.2 Å². The van der Waals surface area contributed by atoms with Crippen molar-refractivity contribution >= 4 is 15.7 Å². The third-order valence-corrected chi connectivity index (χ3v) is 4.65. The molecule has 0 aliphatic carbocycles. The lowest BCUT2D eigenvalue weighted by Crippen LogP contribution is -2.39. The Balaban J connectivity index is 2.02. The van der Waals surface area contributed by atoms with Gasteiger partial charge in [0.2, 0.25) is 10.0 Å². The Hall–Kier alpha value is -1.11. The Kier molecular flexibility index (Phi) is 5.01. The molecule has 5 nitrogen and oxygen atoms in total. The number of para-hydroxylation sites is 1. The van der Waals surface area contributed by atoms with Crippen LogP contribution in [-0.2, 0) is 10.0 Å². The van der Waals surface area contributed by atoms with Gasteiger partial charge in [-0.05, 0) is 37.9 Å². The van der Waals surface area contributed by atoms with Crippen LogP contribution < -0.4 is 10.5 Å². The number of hydrogen-bond donors (Lipinski definition) is 2. The predicted molar refractivity (Wildman–Crippen MR) is 81.2 cm³/mol. The molecule has 6 heteroatoms. The first-order valence-electron chi connectivity index (χ1n) is 7.11. The van der Waals surface area contributed by atoms with Crippen molar-refractivity contribution in [1.82, 2.24) is 4.90 Å². The lowest BCUT2D eigenvalue weighted by molar-refractivity contribution is 0.219. The highest BCUT2D eigenvalue weighted by molar-refractivity contribution is 7.89. The van der Waals surface area contributed by atoms with Crippen LogP contribution in [-0.4, -0.2) is 39.0 Å². The van der Waals surface area contributed by atoms with E-state index in [4.69, 9.17) is 5.14 Å². The zero-order valence-electron chi connectivity index (χ0n) is 11.9. The van der Waals surface area contributed by atoms with Crippen molar-refractivity contribution < 1.29 is 8.42 Å². The Morgan fingerprint density at radius 3 is 2.55 bits per heavy atom. The molecule has 112 valence electrons. The summed E-state index contributed by atoms with van der Waals surface area (Å²) in [6.07, 6.45) is 3.23. The van der Waals surface area contributed by atoms with E-state index in [1.54, 1.807) is 18.2 Å². The molecule has 1 aromatic rings. The normalized spacial score (nSPS) is 18.1. The molecule has 0 saturated carbocycles. The van der Waals surface area contributed by atoms with Crippen LogP contribution in [0.25, 0.3) is 0 Å². The van der Waals surface area contributed by atoms with Gasteiger partial charge >= 0.3 is 0 Å². The molecule has 1 aromatic carbocycles. The number of piperidine rings is 1. The van der Waals surface area contributed by atoms with E-state index in [1.807, 2.05) is 6.07 Å². The maximum Gasteiger partial charge on any atom is 0.240 e. The average Bonchev–Trinajstić information content (AvgIpc) is 2.41. The van der Waals surface area contributed by atoms with Crippen LogP contribution in [0.5, 0.6) is 0 Å². The highest BCUT2D eigenvalue weighted by atomic mass is 32.2. The van der Waals surface area contributed by atoms with Gasteiger partial charge in [-0.25, -0.2) is 13.6 Å². The second kappa shape index (κ2) is 6.56. The first kappa shape index (κ1) is 15.3. The highest BCUT2D eigenvalue weighted by Crippen LogP contribution is 2.23. The van der Waals surface area contributed by atoms with E-state index in [9.17, 15) is 8.42 Å². The van der Waals surface area contributed by atoms with E-state index in [-0.39, 0.29) is 4.90 Å². The van der Waals surface area contributed by atoms with E-state index >= 15 is 0 Å². The predicted octanol–water partition coefficient (Wildman–Crippen LogP) is 1.62. The van der Waals surface area contributed by atoms with Gasteiger partial charge in [-0.1, -0.05) is 19.1 Å². The number of sulfonamides is 1. The summed E-state index contributed by atoms with van der Waals surface area (Å²) in [5.41, 5.74) is 0.615. The Labute approximate surface area is 121 Å². The van der Waals surface area contributed by atoms with Gasteiger partial charge in [-0.3, -0.25) is 0 Å². The fourth-order valence-corrected chi connectivity index (χ4v) is 3.37. The molecule has 1 saturated heterocycles. The molecule has 1 aliphatic rings. The van der Waals surface area contributed by atoms with Gasteiger partial charge in [0, 0.05) is 19.1 Å². The second-order valence-corrected chi connectivity index (χ2v) is 6.83. The molecule has 0 atom stereocenters. The number of hydrogen-bond acceptors (Lipinski definition) is 4. The van der Waals surface area contributed by atoms with Gasteiger partial charge in [0.1, 0.15) is 4.90 Å². The number of rotatable bonds is 5. The number of nitrogens with zero attached hydrogens (tertiary/aromatic N) is 1. The van der Waals surface area contributed by atoms with Crippen LogP contribution in [0.2, 0.25) is 0 Å². The second-order valence-electron chi connectivity index (χ2n) is 5.30. The van der Waals surface area contributed by atoms with Crippen LogP contribution in [0.4, 0.5) is 5.69 Å². The van der Waals surface area contributed by atoms with E-state index in [1.165, 1.54) is 6.42 Å². The maximum absolute atomic E-state index is 11.6. The van der Waals surface area contributed by atoms with Crippen LogP contribution >= 0.6 is 0 Å². The summed E-state index contributed by atoms with van der Waals surface area (Å²) in [6, 6.07) is 7.14. The van der Waals surface area contributed by atoms with Gasteiger partial charge in [0.05, 0.1) is 5.69 Å². The van der Waals surface area contributed by atoms with Crippen molar-refractivity contribution in [1.29, 1.82) is 0 Å². The number of primary sulfonamides is 1. The third-order valence-electron chi connectivity index (χ3n) is 3.68. The molecule has 3 N–H and O–H groups in total. The van der Waals surface area contributed by atoms with E-state index in [2.05, 4.69) is 17.1 Å². The summed E-state index contributed by atoms with van der Waals surface area (Å²) in [5.74, 6) is 0. The van der Waals surface area contributed by atoms with Crippen LogP contribution in [0.3, 0.4) is 0 Å².